The number of aliphatic hydroxyl groups is 1. The van der Waals surface area contributed by atoms with Crippen molar-refractivity contribution in [2.45, 2.75) is 50.7 Å². The van der Waals surface area contributed by atoms with E-state index in [9.17, 15) is 5.11 Å². The van der Waals surface area contributed by atoms with Crippen molar-refractivity contribution >= 4 is 5.69 Å². The fourth-order valence-corrected chi connectivity index (χ4v) is 3.29. The maximum Gasteiger partial charge on any atom is 0.0821 e. The summed E-state index contributed by atoms with van der Waals surface area (Å²) < 4.78 is 0. The summed E-state index contributed by atoms with van der Waals surface area (Å²) in [6.07, 6.45) is 5.28. The zero-order chi connectivity index (χ0) is 14.6. The molecule has 0 bridgehead atoms. The zero-order valence-corrected chi connectivity index (χ0v) is 13.0. The van der Waals surface area contributed by atoms with E-state index in [1.807, 2.05) is 7.05 Å². The topological polar surface area (TPSA) is 35.5 Å². The molecule has 0 heterocycles. The summed E-state index contributed by atoms with van der Waals surface area (Å²) in [6.45, 7) is 2.92. The van der Waals surface area contributed by atoms with Crippen molar-refractivity contribution in [1.82, 2.24) is 5.32 Å². The number of hydrogen-bond acceptors (Lipinski definition) is 3. The Balaban J connectivity index is 2.01. The lowest BCUT2D eigenvalue weighted by Gasteiger charge is -2.30. The van der Waals surface area contributed by atoms with Crippen LogP contribution in [0.2, 0.25) is 0 Å². The van der Waals surface area contributed by atoms with E-state index in [2.05, 4.69) is 48.5 Å². The summed E-state index contributed by atoms with van der Waals surface area (Å²) in [6, 6.07) is 9.12. The first-order chi connectivity index (χ1) is 9.58. The van der Waals surface area contributed by atoms with Crippen LogP contribution in [0, 0.1) is 0 Å². The maximum absolute atomic E-state index is 10.5. The second-order valence-corrected chi connectivity index (χ2v) is 6.13. The van der Waals surface area contributed by atoms with Crippen LogP contribution in [0.5, 0.6) is 0 Å². The Morgan fingerprint density at radius 1 is 1.25 bits per heavy atom. The number of benzene rings is 1. The number of nitrogens with zero attached hydrogens (tertiary/aromatic N) is 1. The fourth-order valence-electron chi connectivity index (χ4n) is 3.29. The standard InChI is InChI=1S/C17H28N2O/c1-4-16(18-2)14-7-9-15(10-8-14)19(3)13-17(20)11-5-6-12-17/h7-10,16,18,20H,4-6,11-13H2,1-3H3. The first-order valence-electron chi connectivity index (χ1n) is 7.79. The highest BCUT2D eigenvalue weighted by molar-refractivity contribution is 5.47. The van der Waals surface area contributed by atoms with Crippen LogP contribution in [0.3, 0.4) is 0 Å². The van der Waals surface area contributed by atoms with Gasteiger partial charge in [0, 0.05) is 25.3 Å². The smallest absolute Gasteiger partial charge is 0.0821 e. The number of anilines is 1. The van der Waals surface area contributed by atoms with Crippen molar-refractivity contribution in [2.75, 3.05) is 25.5 Å². The van der Waals surface area contributed by atoms with Crippen LogP contribution < -0.4 is 10.2 Å². The number of rotatable bonds is 6. The molecule has 3 nitrogen and oxygen atoms in total. The van der Waals surface area contributed by atoms with Gasteiger partial charge in [0.25, 0.3) is 0 Å². The minimum atomic E-state index is -0.482. The van der Waals surface area contributed by atoms with Crippen LogP contribution in [-0.2, 0) is 0 Å². The molecule has 2 rings (SSSR count). The molecule has 1 atom stereocenters. The molecule has 3 heteroatoms. The predicted molar refractivity (Wildman–Crippen MR) is 85.2 cm³/mol. The molecular weight excluding hydrogens is 248 g/mol. The van der Waals surface area contributed by atoms with Gasteiger partial charge >= 0.3 is 0 Å². The van der Waals surface area contributed by atoms with Crippen LogP contribution in [-0.4, -0.2) is 31.3 Å². The van der Waals surface area contributed by atoms with E-state index in [0.29, 0.717) is 6.04 Å². The van der Waals surface area contributed by atoms with Gasteiger partial charge in [-0.3, -0.25) is 0 Å². The Kier molecular flexibility index (Phi) is 5.06. The predicted octanol–water partition coefficient (Wildman–Crippen LogP) is 3.10. The molecule has 1 unspecified atom stereocenters. The van der Waals surface area contributed by atoms with Gasteiger partial charge in [0.2, 0.25) is 0 Å². The number of nitrogens with one attached hydrogen (secondary N) is 1. The average Bonchev–Trinajstić information content (AvgIpc) is 2.87. The van der Waals surface area contributed by atoms with Gasteiger partial charge in [0.15, 0.2) is 0 Å². The highest BCUT2D eigenvalue weighted by Crippen LogP contribution is 2.31. The summed E-state index contributed by atoms with van der Waals surface area (Å²) in [7, 11) is 4.07. The van der Waals surface area contributed by atoms with Crippen molar-refractivity contribution in [3.05, 3.63) is 29.8 Å². The average molecular weight is 276 g/mol. The maximum atomic E-state index is 10.5. The molecule has 1 fully saturated rings. The van der Waals surface area contributed by atoms with E-state index in [0.717, 1.165) is 38.6 Å². The van der Waals surface area contributed by atoms with Crippen molar-refractivity contribution < 1.29 is 5.11 Å². The zero-order valence-electron chi connectivity index (χ0n) is 13.0. The molecule has 112 valence electrons. The van der Waals surface area contributed by atoms with Gasteiger partial charge in [0.1, 0.15) is 0 Å². The van der Waals surface area contributed by atoms with Crippen LogP contribution in [0.4, 0.5) is 5.69 Å². The van der Waals surface area contributed by atoms with E-state index in [1.54, 1.807) is 0 Å². The third-order valence-corrected chi connectivity index (χ3v) is 4.56. The normalized spacial score (nSPS) is 19.0. The quantitative estimate of drug-likeness (QED) is 0.838. The first kappa shape index (κ1) is 15.3. The number of likely N-dealkylation sites (N-methyl/N-ethyl adjacent to an activating group) is 1. The molecule has 0 aliphatic heterocycles. The van der Waals surface area contributed by atoms with Gasteiger partial charge in [-0.1, -0.05) is 31.9 Å². The van der Waals surface area contributed by atoms with E-state index in [-0.39, 0.29) is 0 Å². The van der Waals surface area contributed by atoms with Crippen molar-refractivity contribution in [3.8, 4) is 0 Å². The second-order valence-electron chi connectivity index (χ2n) is 6.13. The van der Waals surface area contributed by atoms with Gasteiger partial charge in [-0.05, 0) is 44.0 Å². The molecule has 1 aliphatic rings. The Labute approximate surface area is 123 Å². The van der Waals surface area contributed by atoms with Crippen LogP contribution in [0.15, 0.2) is 24.3 Å². The summed E-state index contributed by atoms with van der Waals surface area (Å²) in [5, 5.41) is 13.8. The minimum Gasteiger partial charge on any atom is -0.388 e. The molecule has 0 radical (unpaired) electrons. The van der Waals surface area contributed by atoms with Crippen LogP contribution >= 0.6 is 0 Å². The molecule has 0 amide bonds. The Morgan fingerprint density at radius 3 is 2.35 bits per heavy atom. The molecule has 1 aromatic carbocycles. The van der Waals surface area contributed by atoms with E-state index in [1.165, 1.54) is 11.3 Å². The molecule has 0 spiro atoms. The van der Waals surface area contributed by atoms with Crippen molar-refractivity contribution in [3.63, 3.8) is 0 Å². The monoisotopic (exact) mass is 276 g/mol. The lowest BCUT2D eigenvalue weighted by Crippen LogP contribution is -2.39. The molecule has 0 saturated heterocycles. The van der Waals surface area contributed by atoms with Gasteiger partial charge in [-0.15, -0.1) is 0 Å². The second kappa shape index (κ2) is 6.59. The molecule has 1 saturated carbocycles. The van der Waals surface area contributed by atoms with E-state index < -0.39 is 5.60 Å². The summed E-state index contributed by atoms with van der Waals surface area (Å²) in [5.41, 5.74) is 2.02. The third-order valence-electron chi connectivity index (χ3n) is 4.56. The Hall–Kier alpha value is -1.06. The molecule has 2 N–H and O–H groups in total. The fraction of sp³-hybridized carbons (Fsp3) is 0.647. The largest absolute Gasteiger partial charge is 0.388 e. The minimum absolute atomic E-state index is 0.424. The summed E-state index contributed by atoms with van der Waals surface area (Å²) in [5.74, 6) is 0. The summed E-state index contributed by atoms with van der Waals surface area (Å²) in [4.78, 5) is 2.18. The molecule has 1 aliphatic carbocycles. The molecule has 1 aromatic rings. The SMILES string of the molecule is CCC(NC)c1ccc(N(C)CC2(O)CCCC2)cc1. The Bertz CT molecular complexity index is 406. The molecule has 0 aromatic heterocycles. The highest BCUT2D eigenvalue weighted by Gasteiger charge is 2.32. The lowest BCUT2D eigenvalue weighted by atomic mass is 10.0. The number of hydrogen-bond donors (Lipinski definition) is 2. The molecule has 20 heavy (non-hydrogen) atoms. The van der Waals surface area contributed by atoms with Gasteiger partial charge in [0.05, 0.1) is 5.60 Å². The van der Waals surface area contributed by atoms with E-state index in [4.69, 9.17) is 0 Å². The highest BCUT2D eigenvalue weighted by atomic mass is 16.3. The summed E-state index contributed by atoms with van der Waals surface area (Å²) >= 11 is 0. The van der Waals surface area contributed by atoms with Crippen molar-refractivity contribution in [1.29, 1.82) is 0 Å². The Morgan fingerprint density at radius 2 is 1.85 bits per heavy atom. The van der Waals surface area contributed by atoms with E-state index >= 15 is 0 Å². The van der Waals surface area contributed by atoms with Gasteiger partial charge < -0.3 is 15.3 Å². The molecular formula is C17H28N2O. The van der Waals surface area contributed by atoms with Gasteiger partial charge in [-0.2, -0.15) is 0 Å². The van der Waals surface area contributed by atoms with Crippen LogP contribution in [0.1, 0.15) is 50.6 Å². The lowest BCUT2D eigenvalue weighted by molar-refractivity contribution is 0.0559. The first-order valence-corrected chi connectivity index (χ1v) is 7.79. The van der Waals surface area contributed by atoms with Gasteiger partial charge in [-0.25, -0.2) is 0 Å². The third kappa shape index (κ3) is 3.53. The van der Waals surface area contributed by atoms with Crippen molar-refractivity contribution in [2.24, 2.45) is 0 Å². The van der Waals surface area contributed by atoms with Crippen LogP contribution in [0.25, 0.3) is 0 Å².